The summed E-state index contributed by atoms with van der Waals surface area (Å²) < 4.78 is 10.5. The predicted molar refractivity (Wildman–Crippen MR) is 106 cm³/mol. The second-order valence-electron chi connectivity index (χ2n) is 7.94. The maximum Gasteiger partial charge on any atom is 0.226 e. The van der Waals surface area contributed by atoms with Gasteiger partial charge in [0.25, 0.3) is 0 Å². The van der Waals surface area contributed by atoms with Gasteiger partial charge in [0.05, 0.1) is 7.11 Å². The van der Waals surface area contributed by atoms with Crippen molar-refractivity contribution in [3.8, 4) is 17.1 Å². The molecule has 2 atom stereocenters. The molecule has 2 aromatic rings. The van der Waals surface area contributed by atoms with Crippen LogP contribution in [0.3, 0.4) is 0 Å². The van der Waals surface area contributed by atoms with Crippen LogP contribution in [0.25, 0.3) is 11.4 Å². The maximum atomic E-state index is 12.8. The zero-order valence-corrected chi connectivity index (χ0v) is 16.6. The molecule has 0 unspecified atom stereocenters. The number of carbonyl (C=O) groups excluding carboxylic acids is 1. The molecule has 6 nitrogen and oxygen atoms in total. The van der Waals surface area contributed by atoms with E-state index in [1.54, 1.807) is 7.11 Å². The summed E-state index contributed by atoms with van der Waals surface area (Å²) in [6.45, 7) is 0.933. The monoisotopic (exact) mass is 383 g/mol. The number of fused-ring (bicyclic) bond motifs is 1. The minimum absolute atomic E-state index is 0.298. The molecule has 2 heterocycles. The number of methoxy groups -OCH3 is 1. The number of aromatic nitrogens is 2. The molecule has 2 fully saturated rings. The third-order valence-electron chi connectivity index (χ3n) is 6.16. The van der Waals surface area contributed by atoms with Gasteiger partial charge >= 0.3 is 0 Å². The fraction of sp³-hybridized carbons (Fsp3) is 0.591. The molecule has 1 saturated heterocycles. The van der Waals surface area contributed by atoms with E-state index in [0.717, 1.165) is 36.6 Å². The van der Waals surface area contributed by atoms with Crippen LogP contribution >= 0.6 is 0 Å². The molecule has 6 heteroatoms. The van der Waals surface area contributed by atoms with Crippen LogP contribution < -0.4 is 4.74 Å². The Hall–Kier alpha value is -2.37. The summed E-state index contributed by atoms with van der Waals surface area (Å²) in [5.74, 6) is 2.99. The SMILES string of the molecule is COc1ccc(-c2noc(CCCC(=O)N3CCC[C@@H]4CCCC[C@@H]43)n2)cc1. The topological polar surface area (TPSA) is 68.5 Å². The molecule has 1 aromatic carbocycles. The zero-order chi connectivity index (χ0) is 19.3. The van der Waals surface area contributed by atoms with Gasteiger partial charge in [-0.15, -0.1) is 0 Å². The molecule has 4 rings (SSSR count). The van der Waals surface area contributed by atoms with E-state index < -0.39 is 0 Å². The summed E-state index contributed by atoms with van der Waals surface area (Å²) in [5, 5.41) is 4.06. The number of ether oxygens (including phenoxy) is 1. The van der Waals surface area contributed by atoms with Gasteiger partial charge in [0.2, 0.25) is 17.6 Å². The molecule has 0 N–H and O–H groups in total. The number of nitrogens with zero attached hydrogens (tertiary/aromatic N) is 3. The van der Waals surface area contributed by atoms with Crippen molar-refractivity contribution >= 4 is 5.91 Å². The number of hydrogen-bond acceptors (Lipinski definition) is 5. The van der Waals surface area contributed by atoms with Crippen molar-refractivity contribution in [2.45, 2.75) is 63.8 Å². The summed E-state index contributed by atoms with van der Waals surface area (Å²) in [6.07, 6.45) is 9.47. The molecular weight excluding hydrogens is 354 g/mol. The lowest BCUT2D eigenvalue weighted by atomic mass is 9.78. The van der Waals surface area contributed by atoms with Crippen LogP contribution in [0.5, 0.6) is 5.75 Å². The van der Waals surface area contributed by atoms with Gasteiger partial charge in [0.1, 0.15) is 5.75 Å². The Morgan fingerprint density at radius 2 is 1.96 bits per heavy atom. The van der Waals surface area contributed by atoms with Crippen molar-refractivity contribution in [2.75, 3.05) is 13.7 Å². The summed E-state index contributed by atoms with van der Waals surface area (Å²) in [4.78, 5) is 19.4. The summed E-state index contributed by atoms with van der Waals surface area (Å²) in [6, 6.07) is 8.06. The summed E-state index contributed by atoms with van der Waals surface area (Å²) in [5.41, 5.74) is 0.892. The first-order valence-electron chi connectivity index (χ1n) is 10.5. The minimum Gasteiger partial charge on any atom is -0.497 e. The third kappa shape index (κ3) is 4.21. The Morgan fingerprint density at radius 1 is 1.18 bits per heavy atom. The predicted octanol–water partition coefficient (Wildman–Crippen LogP) is 4.25. The van der Waals surface area contributed by atoms with Crippen LogP contribution in [0, 0.1) is 5.92 Å². The second-order valence-corrected chi connectivity index (χ2v) is 7.94. The van der Waals surface area contributed by atoms with Crippen molar-refractivity contribution in [2.24, 2.45) is 5.92 Å². The van der Waals surface area contributed by atoms with Crippen LogP contribution in [0.15, 0.2) is 28.8 Å². The lowest BCUT2D eigenvalue weighted by Gasteiger charge is -2.44. The van der Waals surface area contributed by atoms with Crippen molar-refractivity contribution in [1.82, 2.24) is 15.0 Å². The normalized spacial score (nSPS) is 22.0. The van der Waals surface area contributed by atoms with Crippen molar-refractivity contribution in [3.63, 3.8) is 0 Å². The first kappa shape index (κ1) is 19.0. The quantitative estimate of drug-likeness (QED) is 0.746. The zero-order valence-electron chi connectivity index (χ0n) is 16.6. The van der Waals surface area contributed by atoms with Crippen LogP contribution in [-0.4, -0.2) is 40.6 Å². The fourth-order valence-electron chi connectivity index (χ4n) is 4.68. The van der Waals surface area contributed by atoms with E-state index in [1.165, 1.54) is 32.1 Å². The molecule has 1 amide bonds. The highest BCUT2D eigenvalue weighted by atomic mass is 16.5. The highest BCUT2D eigenvalue weighted by Crippen LogP contribution is 2.35. The molecule has 1 aromatic heterocycles. The number of piperidine rings is 1. The molecule has 2 aliphatic rings. The Morgan fingerprint density at radius 3 is 2.79 bits per heavy atom. The van der Waals surface area contributed by atoms with Gasteiger partial charge < -0.3 is 14.2 Å². The number of rotatable bonds is 6. The number of aryl methyl sites for hydroxylation is 1. The molecule has 150 valence electrons. The lowest BCUT2D eigenvalue weighted by molar-refractivity contribution is -0.137. The van der Waals surface area contributed by atoms with Gasteiger partial charge in [-0.3, -0.25) is 4.79 Å². The van der Waals surface area contributed by atoms with Crippen molar-refractivity contribution in [1.29, 1.82) is 0 Å². The Bertz CT molecular complexity index is 785. The molecule has 0 radical (unpaired) electrons. The van der Waals surface area contributed by atoms with E-state index in [0.29, 0.717) is 36.5 Å². The fourth-order valence-corrected chi connectivity index (χ4v) is 4.68. The van der Waals surface area contributed by atoms with Crippen LogP contribution in [0.2, 0.25) is 0 Å². The Balaban J connectivity index is 1.29. The number of likely N-dealkylation sites (tertiary alicyclic amines) is 1. The van der Waals surface area contributed by atoms with E-state index in [2.05, 4.69) is 15.0 Å². The van der Waals surface area contributed by atoms with Crippen molar-refractivity contribution < 1.29 is 14.1 Å². The lowest BCUT2D eigenvalue weighted by Crippen LogP contribution is -2.49. The molecular formula is C22H29N3O3. The summed E-state index contributed by atoms with van der Waals surface area (Å²) in [7, 11) is 1.64. The molecule has 0 spiro atoms. The second kappa shape index (κ2) is 8.76. The van der Waals surface area contributed by atoms with Gasteiger partial charge in [-0.25, -0.2) is 0 Å². The van der Waals surface area contributed by atoms with Gasteiger partial charge in [-0.05, 0) is 62.3 Å². The third-order valence-corrected chi connectivity index (χ3v) is 6.16. The van der Waals surface area contributed by atoms with Crippen LogP contribution in [0.1, 0.15) is 57.3 Å². The molecule has 28 heavy (non-hydrogen) atoms. The Kier molecular flexibility index (Phi) is 5.93. The smallest absolute Gasteiger partial charge is 0.226 e. The molecule has 0 bridgehead atoms. The molecule has 1 aliphatic carbocycles. The van der Waals surface area contributed by atoms with E-state index in [-0.39, 0.29) is 0 Å². The molecule has 1 aliphatic heterocycles. The van der Waals surface area contributed by atoms with Gasteiger partial charge in [-0.1, -0.05) is 18.0 Å². The van der Waals surface area contributed by atoms with Gasteiger partial charge in [0, 0.05) is 31.0 Å². The minimum atomic E-state index is 0.298. The Labute approximate surface area is 166 Å². The highest BCUT2D eigenvalue weighted by molar-refractivity contribution is 5.76. The number of benzene rings is 1. The van der Waals surface area contributed by atoms with Gasteiger partial charge in [-0.2, -0.15) is 4.98 Å². The first-order valence-corrected chi connectivity index (χ1v) is 10.5. The first-order chi connectivity index (χ1) is 13.7. The van der Waals surface area contributed by atoms with E-state index >= 15 is 0 Å². The summed E-state index contributed by atoms with van der Waals surface area (Å²) >= 11 is 0. The standard InChI is InChI=1S/C22H29N3O3/c1-27-18-13-11-17(12-14-18)22-23-20(28-24-22)9-4-10-21(26)25-15-5-7-16-6-2-3-8-19(16)25/h11-14,16,19H,2-10,15H2,1H3/t16-,19-/m0/s1. The van der Waals surface area contributed by atoms with Crippen LogP contribution in [0.4, 0.5) is 0 Å². The van der Waals surface area contributed by atoms with E-state index in [1.807, 2.05) is 24.3 Å². The van der Waals surface area contributed by atoms with E-state index in [9.17, 15) is 4.79 Å². The highest BCUT2D eigenvalue weighted by Gasteiger charge is 2.35. The molecule has 1 saturated carbocycles. The van der Waals surface area contributed by atoms with Gasteiger partial charge in [0.15, 0.2) is 0 Å². The van der Waals surface area contributed by atoms with Crippen molar-refractivity contribution in [3.05, 3.63) is 30.2 Å². The number of amides is 1. The number of hydrogen-bond donors (Lipinski definition) is 0. The largest absolute Gasteiger partial charge is 0.497 e. The average molecular weight is 383 g/mol. The maximum absolute atomic E-state index is 12.8. The van der Waals surface area contributed by atoms with E-state index in [4.69, 9.17) is 9.26 Å². The number of carbonyl (C=O) groups is 1. The van der Waals surface area contributed by atoms with Crippen LogP contribution in [-0.2, 0) is 11.2 Å². The average Bonchev–Trinajstić information content (AvgIpc) is 3.22.